The molecule has 0 aliphatic carbocycles. The molecule has 0 saturated carbocycles. The van der Waals surface area contributed by atoms with E-state index in [4.69, 9.17) is 0 Å². The number of hydrogen-bond acceptors (Lipinski definition) is 3. The maximum Gasteiger partial charge on any atom is 0.0667 e. The van der Waals surface area contributed by atoms with Gasteiger partial charge in [-0.1, -0.05) is 86.1 Å². The fraction of sp³-hybridized carbons (Fsp3) is 0.381. The van der Waals surface area contributed by atoms with Crippen molar-refractivity contribution in [2.75, 3.05) is 0 Å². The molecular formula is C21H26N2O. The number of nitrogens with zero attached hydrogens (tertiary/aromatic N) is 1. The van der Waals surface area contributed by atoms with Gasteiger partial charge in [-0.2, -0.15) is 0 Å². The van der Waals surface area contributed by atoms with Crippen molar-refractivity contribution in [3.05, 3.63) is 71.8 Å². The molecule has 0 bridgehead atoms. The lowest BCUT2D eigenvalue weighted by Crippen LogP contribution is -2.47. The molecule has 3 rings (SSSR count). The molecule has 0 aromatic heterocycles. The number of rotatable bonds is 4. The average molecular weight is 322 g/mol. The summed E-state index contributed by atoms with van der Waals surface area (Å²) in [6.45, 7) is 4.34. The highest BCUT2D eigenvalue weighted by molar-refractivity contribution is 5.90. The molecule has 1 heterocycles. The van der Waals surface area contributed by atoms with Gasteiger partial charge in [-0.05, 0) is 17.5 Å². The van der Waals surface area contributed by atoms with Crippen molar-refractivity contribution in [2.24, 2.45) is 17.0 Å². The van der Waals surface area contributed by atoms with Gasteiger partial charge in [-0.25, -0.2) is 0 Å². The zero-order valence-electron chi connectivity index (χ0n) is 14.4. The van der Waals surface area contributed by atoms with Crippen LogP contribution in [-0.4, -0.2) is 10.9 Å². The molecule has 0 unspecified atom stereocenters. The van der Waals surface area contributed by atoms with Gasteiger partial charge in [0.05, 0.1) is 5.71 Å². The molecule has 4 atom stereocenters. The highest BCUT2D eigenvalue weighted by Gasteiger charge is 2.40. The molecule has 1 fully saturated rings. The van der Waals surface area contributed by atoms with Crippen molar-refractivity contribution in [1.82, 2.24) is 5.32 Å². The monoisotopic (exact) mass is 322 g/mol. The lowest BCUT2D eigenvalue weighted by Gasteiger charge is -2.42. The first-order valence-corrected chi connectivity index (χ1v) is 8.84. The van der Waals surface area contributed by atoms with E-state index in [2.05, 4.69) is 72.9 Å². The zero-order chi connectivity index (χ0) is 16.9. The third-order valence-electron chi connectivity index (χ3n) is 5.14. The Morgan fingerprint density at radius 1 is 0.917 bits per heavy atom. The van der Waals surface area contributed by atoms with Gasteiger partial charge in [-0.15, -0.1) is 0 Å². The third-order valence-corrected chi connectivity index (χ3v) is 5.14. The minimum absolute atomic E-state index is 0.149. The highest BCUT2D eigenvalue weighted by atomic mass is 16.4. The molecule has 0 radical (unpaired) electrons. The highest BCUT2D eigenvalue weighted by Crippen LogP contribution is 2.40. The normalized spacial score (nSPS) is 28.8. The molecule has 2 N–H and O–H groups in total. The van der Waals surface area contributed by atoms with Crippen LogP contribution in [0.3, 0.4) is 0 Å². The maximum absolute atomic E-state index is 9.75. The first kappa shape index (κ1) is 16.7. The molecule has 1 aliphatic heterocycles. The minimum atomic E-state index is 0.149. The van der Waals surface area contributed by atoms with Gasteiger partial charge >= 0.3 is 0 Å². The molecule has 2 aromatic carbocycles. The van der Waals surface area contributed by atoms with Crippen LogP contribution in [0.15, 0.2) is 65.8 Å². The minimum Gasteiger partial charge on any atom is -0.411 e. The topological polar surface area (TPSA) is 44.6 Å². The Hall–Kier alpha value is -2.13. The van der Waals surface area contributed by atoms with Crippen molar-refractivity contribution in [1.29, 1.82) is 0 Å². The van der Waals surface area contributed by atoms with E-state index in [9.17, 15) is 5.21 Å². The van der Waals surface area contributed by atoms with E-state index >= 15 is 0 Å². The van der Waals surface area contributed by atoms with Gasteiger partial charge < -0.3 is 10.5 Å². The van der Waals surface area contributed by atoms with Crippen LogP contribution >= 0.6 is 0 Å². The molecule has 1 saturated heterocycles. The summed E-state index contributed by atoms with van der Waals surface area (Å²) in [5.41, 5.74) is 3.41. The van der Waals surface area contributed by atoms with Crippen LogP contribution in [0.5, 0.6) is 0 Å². The largest absolute Gasteiger partial charge is 0.411 e. The van der Waals surface area contributed by atoms with E-state index in [-0.39, 0.29) is 23.9 Å². The Kier molecular flexibility index (Phi) is 5.31. The molecule has 24 heavy (non-hydrogen) atoms. The van der Waals surface area contributed by atoms with E-state index in [0.717, 1.165) is 18.6 Å². The number of piperidine rings is 1. The van der Waals surface area contributed by atoms with Gasteiger partial charge in [0.2, 0.25) is 0 Å². The van der Waals surface area contributed by atoms with Crippen LogP contribution < -0.4 is 5.32 Å². The fourth-order valence-electron chi connectivity index (χ4n) is 3.96. The predicted molar refractivity (Wildman–Crippen MR) is 98.3 cm³/mol. The molecule has 0 spiro atoms. The smallest absolute Gasteiger partial charge is 0.0667 e. The molecule has 0 amide bonds. The van der Waals surface area contributed by atoms with E-state index in [1.807, 2.05) is 12.1 Å². The van der Waals surface area contributed by atoms with Crippen LogP contribution in [-0.2, 0) is 0 Å². The SMILES string of the molecule is CCC[C@@H]1/C(=N/O)[C@@H](C)[C@@H](c2ccccc2)N[C@H]1c1ccccc1. The second-order valence-corrected chi connectivity index (χ2v) is 6.65. The van der Waals surface area contributed by atoms with Gasteiger partial charge in [0.1, 0.15) is 0 Å². The summed E-state index contributed by atoms with van der Waals surface area (Å²) >= 11 is 0. The number of benzene rings is 2. The quantitative estimate of drug-likeness (QED) is 0.617. The summed E-state index contributed by atoms with van der Waals surface area (Å²) < 4.78 is 0. The Balaban J connectivity index is 2.01. The Morgan fingerprint density at radius 2 is 1.46 bits per heavy atom. The van der Waals surface area contributed by atoms with Gasteiger partial charge in [-0.3, -0.25) is 0 Å². The van der Waals surface area contributed by atoms with Gasteiger partial charge in [0.15, 0.2) is 0 Å². The lowest BCUT2D eigenvalue weighted by atomic mass is 9.73. The molecule has 3 heteroatoms. The van der Waals surface area contributed by atoms with Crippen molar-refractivity contribution in [3.63, 3.8) is 0 Å². The summed E-state index contributed by atoms with van der Waals surface area (Å²) in [6.07, 6.45) is 2.08. The van der Waals surface area contributed by atoms with Crippen LogP contribution in [0.1, 0.15) is 49.9 Å². The van der Waals surface area contributed by atoms with Crippen molar-refractivity contribution in [2.45, 2.75) is 38.8 Å². The van der Waals surface area contributed by atoms with Crippen LogP contribution in [0.2, 0.25) is 0 Å². The summed E-state index contributed by atoms with van der Waals surface area (Å²) in [6, 6.07) is 21.3. The molecule has 3 nitrogen and oxygen atoms in total. The Morgan fingerprint density at radius 3 is 1.96 bits per heavy atom. The van der Waals surface area contributed by atoms with Crippen LogP contribution in [0, 0.1) is 11.8 Å². The van der Waals surface area contributed by atoms with Crippen LogP contribution in [0.25, 0.3) is 0 Å². The number of hydrogen-bond donors (Lipinski definition) is 2. The van der Waals surface area contributed by atoms with E-state index in [1.54, 1.807) is 0 Å². The first-order valence-electron chi connectivity index (χ1n) is 8.84. The second kappa shape index (κ2) is 7.63. The lowest BCUT2D eigenvalue weighted by molar-refractivity contribution is 0.258. The van der Waals surface area contributed by atoms with E-state index in [0.29, 0.717) is 0 Å². The summed E-state index contributed by atoms with van der Waals surface area (Å²) in [5.74, 6) is 0.381. The third kappa shape index (κ3) is 3.22. The van der Waals surface area contributed by atoms with E-state index < -0.39 is 0 Å². The van der Waals surface area contributed by atoms with E-state index in [1.165, 1.54) is 11.1 Å². The van der Waals surface area contributed by atoms with Crippen molar-refractivity contribution >= 4 is 5.71 Å². The number of nitrogens with one attached hydrogen (secondary N) is 1. The fourth-order valence-corrected chi connectivity index (χ4v) is 3.96. The Bertz CT molecular complexity index is 669. The standard InChI is InChI=1S/C21H26N2O/c1-3-10-18-20(23-24)15(2)19(16-11-6-4-7-12-16)22-21(18)17-13-8-5-9-14-17/h4-9,11-15,18-19,21-22,24H,3,10H2,1-2H3/b23-20+/t15-,18+,19-,21-/m0/s1. The molecule has 1 aliphatic rings. The summed E-state index contributed by atoms with van der Waals surface area (Å²) in [4.78, 5) is 0. The second-order valence-electron chi connectivity index (χ2n) is 6.65. The molecular weight excluding hydrogens is 296 g/mol. The van der Waals surface area contributed by atoms with Crippen LogP contribution in [0.4, 0.5) is 0 Å². The molecule has 2 aromatic rings. The van der Waals surface area contributed by atoms with Gasteiger partial charge in [0, 0.05) is 23.9 Å². The van der Waals surface area contributed by atoms with Gasteiger partial charge in [0.25, 0.3) is 0 Å². The first-order chi connectivity index (χ1) is 11.8. The predicted octanol–water partition coefficient (Wildman–Crippen LogP) is 4.95. The summed E-state index contributed by atoms with van der Waals surface area (Å²) in [7, 11) is 0. The Labute approximate surface area is 144 Å². The average Bonchev–Trinajstić information content (AvgIpc) is 2.64. The zero-order valence-corrected chi connectivity index (χ0v) is 14.4. The van der Waals surface area contributed by atoms with Crippen molar-refractivity contribution in [3.8, 4) is 0 Å². The maximum atomic E-state index is 9.75. The summed E-state index contributed by atoms with van der Waals surface area (Å²) in [5, 5.41) is 17.3. The molecule has 126 valence electrons. The van der Waals surface area contributed by atoms with Crippen molar-refractivity contribution < 1.29 is 5.21 Å². The number of oxime groups is 1.